The maximum absolute atomic E-state index is 13.3. The van der Waals surface area contributed by atoms with Crippen molar-refractivity contribution in [2.75, 3.05) is 18.0 Å². The van der Waals surface area contributed by atoms with Gasteiger partial charge < -0.3 is 14.2 Å². The molecular formula is C22H25N7O2. The monoisotopic (exact) mass is 419 g/mol. The molecule has 3 aromatic heterocycles. The Balaban J connectivity index is 1.26. The van der Waals surface area contributed by atoms with Crippen molar-refractivity contribution >= 4 is 11.9 Å². The summed E-state index contributed by atoms with van der Waals surface area (Å²) in [5, 5.41) is 0. The molecule has 1 aliphatic heterocycles. The van der Waals surface area contributed by atoms with Crippen LogP contribution in [-0.4, -0.2) is 60.9 Å². The fraction of sp³-hybridized carbons (Fsp3) is 0.455. The van der Waals surface area contributed by atoms with Gasteiger partial charge in [-0.1, -0.05) is 6.92 Å². The Hall–Kier alpha value is -3.36. The minimum atomic E-state index is -0.0406. The Labute approximate surface area is 180 Å². The number of aromatic nitrogens is 5. The third kappa shape index (κ3) is 4.12. The molecule has 0 N–H and O–H groups in total. The van der Waals surface area contributed by atoms with Crippen LogP contribution in [0.15, 0.2) is 41.8 Å². The van der Waals surface area contributed by atoms with Crippen molar-refractivity contribution in [1.82, 2.24) is 29.8 Å². The molecule has 1 saturated heterocycles. The summed E-state index contributed by atoms with van der Waals surface area (Å²) in [4.78, 5) is 39.2. The summed E-state index contributed by atoms with van der Waals surface area (Å²) in [5.41, 5.74) is 2.07. The van der Waals surface area contributed by atoms with Gasteiger partial charge in [0.2, 0.25) is 5.95 Å². The van der Waals surface area contributed by atoms with Crippen molar-refractivity contribution in [3.8, 4) is 11.5 Å². The highest BCUT2D eigenvalue weighted by Crippen LogP contribution is 2.33. The zero-order chi connectivity index (χ0) is 21.2. The lowest BCUT2D eigenvalue weighted by atomic mass is 10.0. The first-order chi connectivity index (χ1) is 15.2. The fourth-order valence-corrected chi connectivity index (χ4v) is 4.06. The summed E-state index contributed by atoms with van der Waals surface area (Å²) in [6.07, 6.45) is 14.7. The second kappa shape index (κ2) is 8.41. The van der Waals surface area contributed by atoms with Crippen LogP contribution in [-0.2, 0) is 6.42 Å². The average Bonchev–Trinajstić information content (AvgIpc) is 3.51. The van der Waals surface area contributed by atoms with E-state index >= 15 is 0 Å². The number of nitrogens with zero attached hydrogens (tertiary/aromatic N) is 7. The molecule has 5 rings (SSSR count). The van der Waals surface area contributed by atoms with Gasteiger partial charge in [0.15, 0.2) is 12.2 Å². The SMILES string of the molecule is CCc1cnc(N2CCC(N(C(=O)c3cnc(-c4cnco4)cn3)C3CC3)CC2)nc1. The molecule has 2 fully saturated rings. The smallest absolute Gasteiger partial charge is 0.274 e. The van der Waals surface area contributed by atoms with E-state index in [0.29, 0.717) is 23.2 Å². The van der Waals surface area contributed by atoms with Crippen LogP contribution >= 0.6 is 0 Å². The molecule has 9 nitrogen and oxygen atoms in total. The second-order valence-electron chi connectivity index (χ2n) is 8.06. The van der Waals surface area contributed by atoms with Gasteiger partial charge in [-0.05, 0) is 37.7 Å². The molecule has 1 saturated carbocycles. The van der Waals surface area contributed by atoms with Crippen LogP contribution in [0.4, 0.5) is 5.95 Å². The van der Waals surface area contributed by atoms with Gasteiger partial charge in [0.1, 0.15) is 11.4 Å². The van der Waals surface area contributed by atoms with E-state index in [9.17, 15) is 4.79 Å². The number of anilines is 1. The maximum Gasteiger partial charge on any atom is 0.274 e. The predicted molar refractivity (Wildman–Crippen MR) is 113 cm³/mol. The molecular weight excluding hydrogens is 394 g/mol. The van der Waals surface area contributed by atoms with Crippen LogP contribution in [0.25, 0.3) is 11.5 Å². The van der Waals surface area contributed by atoms with Crippen molar-refractivity contribution in [3.05, 3.63) is 48.6 Å². The molecule has 2 aliphatic rings. The Kier molecular flexibility index (Phi) is 5.31. The van der Waals surface area contributed by atoms with Crippen LogP contribution in [0.3, 0.4) is 0 Å². The quantitative estimate of drug-likeness (QED) is 0.601. The number of oxazole rings is 1. The third-order valence-electron chi connectivity index (χ3n) is 5.97. The van der Waals surface area contributed by atoms with Crippen LogP contribution in [0.2, 0.25) is 0 Å². The van der Waals surface area contributed by atoms with Crippen LogP contribution in [0, 0.1) is 0 Å². The highest BCUT2D eigenvalue weighted by molar-refractivity contribution is 5.92. The minimum Gasteiger partial charge on any atom is -0.442 e. The largest absolute Gasteiger partial charge is 0.442 e. The molecule has 31 heavy (non-hydrogen) atoms. The van der Waals surface area contributed by atoms with Gasteiger partial charge >= 0.3 is 0 Å². The molecule has 0 unspecified atom stereocenters. The molecule has 0 aromatic carbocycles. The summed E-state index contributed by atoms with van der Waals surface area (Å²) < 4.78 is 5.25. The van der Waals surface area contributed by atoms with E-state index in [1.165, 1.54) is 12.6 Å². The Morgan fingerprint density at radius 2 is 1.74 bits per heavy atom. The van der Waals surface area contributed by atoms with Gasteiger partial charge in [0.05, 0.1) is 18.6 Å². The first-order valence-corrected chi connectivity index (χ1v) is 10.8. The first kappa shape index (κ1) is 19.6. The van der Waals surface area contributed by atoms with E-state index in [1.54, 1.807) is 12.4 Å². The van der Waals surface area contributed by atoms with Crippen molar-refractivity contribution in [2.24, 2.45) is 0 Å². The molecule has 0 atom stereocenters. The lowest BCUT2D eigenvalue weighted by molar-refractivity contribution is 0.0623. The van der Waals surface area contributed by atoms with Gasteiger partial charge in [0.25, 0.3) is 5.91 Å². The van der Waals surface area contributed by atoms with Crippen LogP contribution < -0.4 is 4.90 Å². The summed E-state index contributed by atoms with van der Waals surface area (Å²) in [6.45, 7) is 3.77. The van der Waals surface area contributed by atoms with E-state index in [1.807, 2.05) is 17.3 Å². The molecule has 160 valence electrons. The highest BCUT2D eigenvalue weighted by atomic mass is 16.3. The van der Waals surface area contributed by atoms with E-state index in [0.717, 1.165) is 56.7 Å². The topological polar surface area (TPSA) is 101 Å². The molecule has 0 radical (unpaired) electrons. The summed E-state index contributed by atoms with van der Waals surface area (Å²) in [5.74, 6) is 1.27. The standard InChI is InChI=1S/C22H25N7O2/c1-2-15-9-26-22(27-10-15)28-7-5-17(6-8-28)29(16-3-4-16)21(30)19-12-24-18(11-25-19)20-13-23-14-31-20/h9-14,16-17H,2-8H2,1H3. The first-order valence-electron chi connectivity index (χ1n) is 10.8. The molecule has 9 heteroatoms. The zero-order valence-corrected chi connectivity index (χ0v) is 17.5. The van der Waals surface area contributed by atoms with Gasteiger partial charge in [-0.2, -0.15) is 0 Å². The van der Waals surface area contributed by atoms with Gasteiger partial charge in [0, 0.05) is 37.6 Å². The summed E-state index contributed by atoms with van der Waals surface area (Å²) >= 11 is 0. The Bertz CT molecular complexity index is 1010. The van der Waals surface area contributed by atoms with Crippen molar-refractivity contribution < 1.29 is 9.21 Å². The van der Waals surface area contributed by atoms with E-state index < -0.39 is 0 Å². The number of hydrogen-bond acceptors (Lipinski definition) is 8. The molecule has 1 aliphatic carbocycles. The number of carbonyl (C=O) groups is 1. The maximum atomic E-state index is 13.3. The molecule has 0 bridgehead atoms. The van der Waals surface area contributed by atoms with Gasteiger partial charge in [-0.3, -0.25) is 4.79 Å². The van der Waals surface area contributed by atoms with Gasteiger partial charge in [-0.15, -0.1) is 0 Å². The lowest BCUT2D eigenvalue weighted by Gasteiger charge is -2.38. The Morgan fingerprint density at radius 1 is 1.00 bits per heavy atom. The lowest BCUT2D eigenvalue weighted by Crippen LogP contribution is -2.49. The van der Waals surface area contributed by atoms with E-state index in [4.69, 9.17) is 4.42 Å². The predicted octanol–water partition coefficient (Wildman–Crippen LogP) is 2.76. The third-order valence-corrected chi connectivity index (χ3v) is 5.97. The van der Waals surface area contributed by atoms with E-state index in [-0.39, 0.29) is 11.9 Å². The number of carbonyl (C=O) groups excluding carboxylic acids is 1. The van der Waals surface area contributed by atoms with Crippen molar-refractivity contribution in [1.29, 1.82) is 0 Å². The number of rotatable bonds is 6. The van der Waals surface area contributed by atoms with E-state index in [2.05, 4.69) is 36.7 Å². The molecule has 4 heterocycles. The van der Waals surface area contributed by atoms with Crippen molar-refractivity contribution in [3.63, 3.8) is 0 Å². The average molecular weight is 419 g/mol. The van der Waals surface area contributed by atoms with Gasteiger partial charge in [-0.25, -0.2) is 24.9 Å². The fourth-order valence-electron chi connectivity index (χ4n) is 4.06. The van der Waals surface area contributed by atoms with Crippen molar-refractivity contribution in [2.45, 2.75) is 51.1 Å². The number of amides is 1. The summed E-state index contributed by atoms with van der Waals surface area (Å²) in [6, 6.07) is 0.502. The van der Waals surface area contributed by atoms with Crippen LogP contribution in [0.1, 0.15) is 48.7 Å². The molecule has 1 amide bonds. The molecule has 0 spiro atoms. The zero-order valence-electron chi connectivity index (χ0n) is 17.5. The number of hydrogen-bond donors (Lipinski definition) is 0. The number of aryl methyl sites for hydroxylation is 1. The normalized spacial score (nSPS) is 17.0. The number of piperidine rings is 1. The highest BCUT2D eigenvalue weighted by Gasteiger charge is 2.39. The van der Waals surface area contributed by atoms with Crippen LogP contribution in [0.5, 0.6) is 0 Å². The molecule has 3 aromatic rings. The second-order valence-corrected chi connectivity index (χ2v) is 8.06. The minimum absolute atomic E-state index is 0.0406. The summed E-state index contributed by atoms with van der Waals surface area (Å²) in [7, 11) is 0. The Morgan fingerprint density at radius 3 is 2.32 bits per heavy atom.